The molecule has 20 heavy (non-hydrogen) atoms. The third kappa shape index (κ3) is 1.54. The highest BCUT2D eigenvalue weighted by atomic mass is 16.2. The number of benzene rings is 1. The lowest BCUT2D eigenvalue weighted by molar-refractivity contribution is -0.126. The second-order valence-electron chi connectivity index (χ2n) is 5.59. The van der Waals surface area contributed by atoms with Gasteiger partial charge in [-0.15, -0.1) is 0 Å². The van der Waals surface area contributed by atoms with Crippen LogP contribution in [0.25, 0.3) is 0 Å². The molecule has 2 aliphatic rings. The van der Waals surface area contributed by atoms with E-state index in [1.54, 1.807) is 4.90 Å². The van der Waals surface area contributed by atoms with Crippen molar-refractivity contribution in [2.45, 2.75) is 32.7 Å². The van der Waals surface area contributed by atoms with Crippen molar-refractivity contribution in [1.29, 1.82) is 0 Å². The van der Waals surface area contributed by atoms with E-state index in [1.807, 2.05) is 38.2 Å². The predicted octanol–water partition coefficient (Wildman–Crippen LogP) is 3.10. The highest BCUT2D eigenvalue weighted by Crippen LogP contribution is 2.40. The molecule has 1 fully saturated rings. The Kier molecular flexibility index (Phi) is 2.71. The second-order valence-corrected chi connectivity index (χ2v) is 5.59. The molecule has 3 rings (SSSR count). The second kappa shape index (κ2) is 4.20. The quantitative estimate of drug-likeness (QED) is 0.851. The van der Waals surface area contributed by atoms with Crippen molar-refractivity contribution in [3.8, 4) is 0 Å². The molecule has 1 aromatic rings. The predicted molar refractivity (Wildman–Crippen MR) is 81.3 cm³/mol. The van der Waals surface area contributed by atoms with Crippen molar-refractivity contribution in [2.75, 3.05) is 12.4 Å². The van der Waals surface area contributed by atoms with Crippen LogP contribution in [0.4, 0.5) is 11.4 Å². The molecule has 0 radical (unpaired) electrons. The summed E-state index contributed by atoms with van der Waals surface area (Å²) in [6, 6.07) is 7.90. The Morgan fingerprint density at radius 3 is 2.75 bits per heavy atom. The Morgan fingerprint density at radius 1 is 1.35 bits per heavy atom. The van der Waals surface area contributed by atoms with Crippen molar-refractivity contribution in [3.05, 3.63) is 35.5 Å². The van der Waals surface area contributed by atoms with Crippen LogP contribution < -0.4 is 5.32 Å². The van der Waals surface area contributed by atoms with Crippen LogP contribution in [0.1, 0.15) is 27.2 Å². The molecule has 4 heteroatoms. The van der Waals surface area contributed by atoms with Crippen molar-refractivity contribution in [1.82, 2.24) is 4.90 Å². The van der Waals surface area contributed by atoms with E-state index in [0.717, 1.165) is 29.2 Å². The maximum atomic E-state index is 12.6. The van der Waals surface area contributed by atoms with Crippen molar-refractivity contribution >= 4 is 23.0 Å². The molecular formula is C16H19N3O. The van der Waals surface area contributed by atoms with E-state index in [2.05, 4.69) is 19.2 Å². The summed E-state index contributed by atoms with van der Waals surface area (Å²) >= 11 is 0. The molecule has 4 nitrogen and oxygen atoms in total. The monoisotopic (exact) mass is 269 g/mol. The number of carbonyl (C=O) groups is 1. The van der Waals surface area contributed by atoms with Gasteiger partial charge in [0.25, 0.3) is 5.91 Å². The summed E-state index contributed by atoms with van der Waals surface area (Å²) in [6.07, 6.45) is 0.840. The topological polar surface area (TPSA) is 44.7 Å². The molecule has 0 bridgehead atoms. The van der Waals surface area contributed by atoms with Crippen LogP contribution in [0.2, 0.25) is 0 Å². The minimum atomic E-state index is -0.340. The third-order valence-electron chi connectivity index (χ3n) is 4.53. The van der Waals surface area contributed by atoms with Crippen molar-refractivity contribution in [3.63, 3.8) is 0 Å². The number of aliphatic imine (C=N–C) groups is 1. The molecular weight excluding hydrogens is 250 g/mol. The molecule has 1 unspecified atom stereocenters. The van der Waals surface area contributed by atoms with Gasteiger partial charge in [0.05, 0.1) is 28.2 Å². The zero-order valence-corrected chi connectivity index (χ0v) is 12.3. The number of nitrogens with zero attached hydrogens (tertiary/aromatic N) is 2. The average Bonchev–Trinajstić information content (AvgIpc) is 2.57. The van der Waals surface area contributed by atoms with Gasteiger partial charge in [-0.3, -0.25) is 4.79 Å². The first kappa shape index (κ1) is 12.9. The first-order valence-corrected chi connectivity index (χ1v) is 6.93. The summed E-state index contributed by atoms with van der Waals surface area (Å²) in [4.78, 5) is 19.2. The fourth-order valence-corrected chi connectivity index (χ4v) is 2.90. The molecule has 2 aliphatic heterocycles. The summed E-state index contributed by atoms with van der Waals surface area (Å²) in [5.41, 5.74) is 3.97. The number of hydrogen-bond acceptors (Lipinski definition) is 3. The Morgan fingerprint density at radius 2 is 2.05 bits per heavy atom. The molecule has 0 saturated carbocycles. The number of anilines is 1. The SMILES string of the molecule is CCC1(C)C2=Nc3ccccc3NC(C)=C2C(=O)N1C. The Hall–Kier alpha value is -2.10. The number of fused-ring (bicyclic) bond motifs is 2. The van der Waals surface area contributed by atoms with E-state index in [9.17, 15) is 4.79 Å². The minimum Gasteiger partial charge on any atom is -0.357 e. The average molecular weight is 269 g/mol. The summed E-state index contributed by atoms with van der Waals surface area (Å²) in [5.74, 6) is 0.0471. The number of allylic oxidation sites excluding steroid dienone is 1. The number of hydrogen-bond donors (Lipinski definition) is 1. The number of nitrogens with one attached hydrogen (secondary N) is 1. The smallest absolute Gasteiger partial charge is 0.258 e. The van der Waals surface area contributed by atoms with Gasteiger partial charge in [0, 0.05) is 12.7 Å². The fraction of sp³-hybridized carbons (Fsp3) is 0.375. The molecule has 2 heterocycles. The maximum absolute atomic E-state index is 12.6. The Labute approximate surface area is 119 Å². The first-order valence-electron chi connectivity index (χ1n) is 6.93. The number of likely N-dealkylation sites (N-methyl/N-ethyl adjacent to an activating group) is 1. The first-order chi connectivity index (χ1) is 9.49. The Balaban J connectivity index is 2.29. The van der Waals surface area contributed by atoms with Gasteiger partial charge in [-0.25, -0.2) is 4.99 Å². The Bertz CT molecular complexity index is 659. The van der Waals surface area contributed by atoms with Crippen LogP contribution in [0.15, 0.2) is 40.5 Å². The van der Waals surface area contributed by atoms with Gasteiger partial charge in [0.1, 0.15) is 0 Å². The van der Waals surface area contributed by atoms with Gasteiger partial charge >= 0.3 is 0 Å². The maximum Gasteiger partial charge on any atom is 0.258 e. The lowest BCUT2D eigenvalue weighted by atomic mass is 9.91. The summed E-state index contributed by atoms with van der Waals surface area (Å²) in [6.45, 7) is 6.12. The summed E-state index contributed by atoms with van der Waals surface area (Å²) < 4.78 is 0. The van der Waals surface area contributed by atoms with E-state index in [4.69, 9.17) is 4.99 Å². The van der Waals surface area contributed by atoms with Crippen molar-refractivity contribution in [2.24, 2.45) is 4.99 Å². The van der Waals surface area contributed by atoms with E-state index >= 15 is 0 Å². The number of likely N-dealkylation sites (tertiary alicyclic amines) is 1. The summed E-state index contributed by atoms with van der Waals surface area (Å²) in [5, 5.41) is 3.32. The highest BCUT2D eigenvalue weighted by molar-refractivity contribution is 6.32. The molecule has 1 saturated heterocycles. The minimum absolute atomic E-state index is 0.0471. The molecule has 1 atom stereocenters. The normalized spacial score (nSPS) is 24.9. The van der Waals surface area contributed by atoms with Crippen LogP contribution in [0.3, 0.4) is 0 Å². The molecule has 104 valence electrons. The molecule has 1 aromatic carbocycles. The number of para-hydroxylation sites is 2. The van der Waals surface area contributed by atoms with Gasteiger partial charge in [0.15, 0.2) is 0 Å². The lowest BCUT2D eigenvalue weighted by Gasteiger charge is -2.30. The van der Waals surface area contributed by atoms with Crippen LogP contribution in [-0.4, -0.2) is 29.1 Å². The van der Waals surface area contributed by atoms with E-state index in [0.29, 0.717) is 5.57 Å². The van der Waals surface area contributed by atoms with E-state index in [1.165, 1.54) is 0 Å². The fourth-order valence-electron chi connectivity index (χ4n) is 2.90. The number of amides is 1. The van der Waals surface area contributed by atoms with Gasteiger partial charge in [-0.2, -0.15) is 0 Å². The standard InChI is InChI=1S/C16H19N3O/c1-5-16(3)14-13(15(20)19(16)4)10(2)17-11-8-6-7-9-12(11)18-14/h6-9,17H,5H2,1-4H3. The van der Waals surface area contributed by atoms with Crippen LogP contribution >= 0.6 is 0 Å². The number of carbonyl (C=O) groups excluding carboxylic acids is 1. The molecule has 0 aliphatic carbocycles. The zero-order valence-electron chi connectivity index (χ0n) is 12.3. The molecule has 0 spiro atoms. The largest absolute Gasteiger partial charge is 0.357 e. The van der Waals surface area contributed by atoms with Crippen molar-refractivity contribution < 1.29 is 4.79 Å². The van der Waals surface area contributed by atoms with Crippen LogP contribution in [-0.2, 0) is 4.79 Å². The van der Waals surface area contributed by atoms with Crippen LogP contribution in [0.5, 0.6) is 0 Å². The third-order valence-corrected chi connectivity index (χ3v) is 4.53. The van der Waals surface area contributed by atoms with Crippen LogP contribution in [0, 0.1) is 0 Å². The van der Waals surface area contributed by atoms with Gasteiger partial charge < -0.3 is 10.2 Å². The van der Waals surface area contributed by atoms with Gasteiger partial charge in [0.2, 0.25) is 0 Å². The lowest BCUT2D eigenvalue weighted by Crippen LogP contribution is -2.44. The summed E-state index contributed by atoms with van der Waals surface area (Å²) in [7, 11) is 1.86. The highest BCUT2D eigenvalue weighted by Gasteiger charge is 2.48. The van der Waals surface area contributed by atoms with E-state index in [-0.39, 0.29) is 11.4 Å². The number of rotatable bonds is 1. The molecule has 0 aromatic heterocycles. The molecule has 1 amide bonds. The van der Waals surface area contributed by atoms with Gasteiger partial charge in [-0.1, -0.05) is 19.1 Å². The molecule has 1 N–H and O–H groups in total. The zero-order chi connectivity index (χ0) is 14.5. The van der Waals surface area contributed by atoms with Gasteiger partial charge in [-0.05, 0) is 32.4 Å². The van der Waals surface area contributed by atoms with E-state index < -0.39 is 0 Å².